The molecule has 0 aromatic heterocycles. The van der Waals surface area contributed by atoms with E-state index in [2.05, 4.69) is 10.1 Å². The highest BCUT2D eigenvalue weighted by atomic mass is 19.4. The van der Waals surface area contributed by atoms with Crippen LogP contribution < -0.4 is 11.1 Å². The Kier molecular flexibility index (Phi) is 3.85. The van der Waals surface area contributed by atoms with Gasteiger partial charge in [0.25, 0.3) is 0 Å². The SMILES string of the molecule is CC1=C(OCC(F)(F)F)NCC(C(C)N)=C1. The van der Waals surface area contributed by atoms with E-state index in [1.165, 1.54) is 0 Å². The molecule has 1 aliphatic heterocycles. The van der Waals surface area contributed by atoms with Crippen LogP contribution >= 0.6 is 0 Å². The van der Waals surface area contributed by atoms with Crippen molar-refractivity contribution < 1.29 is 17.9 Å². The van der Waals surface area contributed by atoms with Crippen molar-refractivity contribution in [3.8, 4) is 0 Å². The summed E-state index contributed by atoms with van der Waals surface area (Å²) in [7, 11) is 0. The second kappa shape index (κ2) is 4.78. The van der Waals surface area contributed by atoms with Gasteiger partial charge in [0.1, 0.15) is 0 Å². The molecule has 0 saturated carbocycles. The van der Waals surface area contributed by atoms with Crippen molar-refractivity contribution in [3.05, 3.63) is 23.1 Å². The zero-order valence-electron chi connectivity index (χ0n) is 9.19. The molecule has 1 aliphatic rings. The first-order chi connectivity index (χ1) is 7.29. The summed E-state index contributed by atoms with van der Waals surface area (Å²) in [5.74, 6) is 0.168. The summed E-state index contributed by atoms with van der Waals surface area (Å²) in [5.41, 5.74) is 7.24. The van der Waals surface area contributed by atoms with Crippen molar-refractivity contribution in [1.29, 1.82) is 0 Å². The maximum Gasteiger partial charge on any atom is 0.422 e. The van der Waals surface area contributed by atoms with Gasteiger partial charge in [-0.2, -0.15) is 13.2 Å². The van der Waals surface area contributed by atoms with Crippen LogP contribution in [0.25, 0.3) is 0 Å². The summed E-state index contributed by atoms with van der Waals surface area (Å²) in [4.78, 5) is 0. The minimum Gasteiger partial charge on any atom is -0.469 e. The van der Waals surface area contributed by atoms with Gasteiger partial charge in [0.15, 0.2) is 12.5 Å². The predicted octanol–water partition coefficient (Wildman–Crippen LogP) is 1.67. The van der Waals surface area contributed by atoms with E-state index in [1.807, 2.05) is 6.92 Å². The van der Waals surface area contributed by atoms with Gasteiger partial charge in [-0.15, -0.1) is 0 Å². The number of rotatable bonds is 3. The first kappa shape index (κ1) is 12.9. The van der Waals surface area contributed by atoms with Crippen molar-refractivity contribution >= 4 is 0 Å². The molecule has 1 rings (SSSR count). The van der Waals surface area contributed by atoms with Gasteiger partial charge in [0.2, 0.25) is 0 Å². The maximum atomic E-state index is 11.9. The lowest BCUT2D eigenvalue weighted by atomic mass is 10.0. The van der Waals surface area contributed by atoms with Crippen molar-refractivity contribution in [2.24, 2.45) is 5.73 Å². The molecule has 0 radical (unpaired) electrons. The summed E-state index contributed by atoms with van der Waals surface area (Å²) in [6.45, 7) is 2.64. The fraction of sp³-hybridized carbons (Fsp3) is 0.600. The third-order valence-electron chi connectivity index (χ3n) is 2.18. The summed E-state index contributed by atoms with van der Waals surface area (Å²) >= 11 is 0. The van der Waals surface area contributed by atoms with E-state index in [0.717, 1.165) is 5.57 Å². The highest BCUT2D eigenvalue weighted by Gasteiger charge is 2.29. The number of alkyl halides is 3. The average Bonchev–Trinajstić information content (AvgIpc) is 2.14. The van der Waals surface area contributed by atoms with Crippen LogP contribution in [0.4, 0.5) is 13.2 Å². The van der Waals surface area contributed by atoms with E-state index >= 15 is 0 Å². The number of halogens is 3. The quantitative estimate of drug-likeness (QED) is 0.783. The molecule has 6 heteroatoms. The highest BCUT2D eigenvalue weighted by molar-refractivity contribution is 5.31. The second-order valence-electron chi connectivity index (χ2n) is 3.78. The van der Waals surface area contributed by atoms with Gasteiger partial charge in [0, 0.05) is 18.2 Å². The van der Waals surface area contributed by atoms with E-state index in [-0.39, 0.29) is 11.9 Å². The van der Waals surface area contributed by atoms with Gasteiger partial charge in [-0.05, 0) is 19.4 Å². The molecular weight excluding hydrogens is 221 g/mol. The van der Waals surface area contributed by atoms with Crippen LogP contribution in [0.1, 0.15) is 13.8 Å². The molecule has 0 bridgehead atoms. The summed E-state index contributed by atoms with van der Waals surface area (Å²) in [6, 6.07) is -0.119. The Morgan fingerprint density at radius 3 is 2.62 bits per heavy atom. The van der Waals surface area contributed by atoms with Crippen molar-refractivity contribution in [1.82, 2.24) is 5.32 Å². The van der Waals surface area contributed by atoms with Gasteiger partial charge in [-0.1, -0.05) is 6.08 Å². The van der Waals surface area contributed by atoms with Gasteiger partial charge in [-0.25, -0.2) is 0 Å². The molecular formula is C10H15F3N2O. The monoisotopic (exact) mass is 236 g/mol. The zero-order valence-corrected chi connectivity index (χ0v) is 9.19. The highest BCUT2D eigenvalue weighted by Crippen LogP contribution is 2.19. The molecule has 3 N–H and O–H groups in total. The van der Waals surface area contributed by atoms with Gasteiger partial charge in [-0.3, -0.25) is 0 Å². The van der Waals surface area contributed by atoms with Crippen LogP contribution in [0.5, 0.6) is 0 Å². The largest absolute Gasteiger partial charge is 0.469 e. The Bertz CT molecular complexity index is 319. The van der Waals surface area contributed by atoms with Gasteiger partial charge in [0.05, 0.1) is 0 Å². The Morgan fingerprint density at radius 1 is 1.56 bits per heavy atom. The fourth-order valence-corrected chi connectivity index (χ4v) is 1.33. The molecule has 0 spiro atoms. The summed E-state index contributed by atoms with van der Waals surface area (Å²) < 4.78 is 40.4. The van der Waals surface area contributed by atoms with E-state index < -0.39 is 12.8 Å². The zero-order chi connectivity index (χ0) is 12.3. The lowest BCUT2D eigenvalue weighted by Crippen LogP contribution is -2.32. The Labute approximate surface area is 92.1 Å². The number of nitrogens with two attached hydrogens (primary N) is 1. The van der Waals surface area contributed by atoms with E-state index in [1.54, 1.807) is 13.0 Å². The predicted molar refractivity (Wildman–Crippen MR) is 54.4 cm³/mol. The number of hydrogen-bond acceptors (Lipinski definition) is 3. The van der Waals surface area contributed by atoms with E-state index in [9.17, 15) is 13.2 Å². The molecule has 92 valence electrons. The molecule has 0 aromatic carbocycles. The number of hydrogen-bond donors (Lipinski definition) is 2. The topological polar surface area (TPSA) is 47.3 Å². The standard InChI is InChI=1S/C10H15F3N2O/c1-6-3-8(7(2)14)4-15-9(6)16-5-10(11,12)13/h3,7,15H,4-5,14H2,1-2H3. The van der Waals surface area contributed by atoms with Crippen LogP contribution in [0.15, 0.2) is 23.1 Å². The van der Waals surface area contributed by atoms with Crippen LogP contribution in [-0.4, -0.2) is 25.4 Å². The molecule has 0 saturated heterocycles. The minimum absolute atomic E-state index is 0.119. The number of ether oxygens (including phenoxy) is 1. The minimum atomic E-state index is -4.32. The fourth-order valence-electron chi connectivity index (χ4n) is 1.33. The Hall–Kier alpha value is -1.17. The number of dihydropyridines is 1. The first-order valence-corrected chi connectivity index (χ1v) is 4.90. The van der Waals surface area contributed by atoms with Crippen molar-refractivity contribution in [2.45, 2.75) is 26.1 Å². The Balaban J connectivity index is 2.65. The molecule has 0 amide bonds. The number of allylic oxidation sites excluding steroid dienone is 2. The smallest absolute Gasteiger partial charge is 0.422 e. The molecule has 16 heavy (non-hydrogen) atoms. The lowest BCUT2D eigenvalue weighted by molar-refractivity contribution is -0.166. The normalized spacial score (nSPS) is 19.0. The molecule has 0 aromatic rings. The van der Waals surface area contributed by atoms with Gasteiger partial charge < -0.3 is 15.8 Å². The van der Waals surface area contributed by atoms with Crippen LogP contribution in [0.2, 0.25) is 0 Å². The van der Waals surface area contributed by atoms with Crippen LogP contribution in [-0.2, 0) is 4.74 Å². The van der Waals surface area contributed by atoms with Crippen LogP contribution in [0.3, 0.4) is 0 Å². The first-order valence-electron chi connectivity index (χ1n) is 4.90. The van der Waals surface area contributed by atoms with Gasteiger partial charge >= 0.3 is 6.18 Å². The molecule has 0 fully saturated rings. The summed E-state index contributed by atoms with van der Waals surface area (Å²) in [6.07, 6.45) is -2.56. The van der Waals surface area contributed by atoms with Crippen molar-refractivity contribution in [2.75, 3.05) is 13.2 Å². The van der Waals surface area contributed by atoms with Crippen molar-refractivity contribution in [3.63, 3.8) is 0 Å². The van der Waals surface area contributed by atoms with E-state index in [4.69, 9.17) is 5.73 Å². The maximum absolute atomic E-state index is 11.9. The number of nitrogens with one attached hydrogen (secondary N) is 1. The van der Waals surface area contributed by atoms with Crippen LogP contribution in [0, 0.1) is 0 Å². The molecule has 1 unspecified atom stereocenters. The molecule has 3 nitrogen and oxygen atoms in total. The third kappa shape index (κ3) is 3.77. The third-order valence-corrected chi connectivity index (χ3v) is 2.18. The van der Waals surface area contributed by atoms with E-state index in [0.29, 0.717) is 12.1 Å². The summed E-state index contributed by atoms with van der Waals surface area (Å²) in [5, 5.41) is 2.78. The molecule has 1 atom stereocenters. The molecule has 1 heterocycles. The average molecular weight is 236 g/mol. The Morgan fingerprint density at radius 2 is 2.19 bits per heavy atom. The lowest BCUT2D eigenvalue weighted by Gasteiger charge is -2.23. The second-order valence-corrected chi connectivity index (χ2v) is 3.78. The molecule has 0 aliphatic carbocycles.